The van der Waals surface area contributed by atoms with E-state index in [1.54, 1.807) is 12.1 Å². The maximum Gasteiger partial charge on any atom is 0.228 e. The van der Waals surface area contributed by atoms with Crippen molar-refractivity contribution in [2.75, 3.05) is 25.1 Å². The topological polar surface area (TPSA) is 58.4 Å². The highest BCUT2D eigenvalue weighted by atomic mass is 16.1. The van der Waals surface area contributed by atoms with Crippen molar-refractivity contribution in [3.63, 3.8) is 0 Å². The van der Waals surface area contributed by atoms with E-state index in [0.29, 0.717) is 12.1 Å². The Hall–Kier alpha value is -2.33. The van der Waals surface area contributed by atoms with E-state index in [1.807, 2.05) is 50.5 Å². The van der Waals surface area contributed by atoms with Gasteiger partial charge in [0.25, 0.3) is 0 Å². The van der Waals surface area contributed by atoms with E-state index in [0.717, 1.165) is 17.8 Å². The van der Waals surface area contributed by atoms with Crippen molar-refractivity contribution in [3.8, 4) is 0 Å². The molecule has 2 rings (SSSR count). The minimum absolute atomic E-state index is 0.0277. The fourth-order valence-corrected chi connectivity index (χ4v) is 2.08. The predicted octanol–water partition coefficient (Wildman–Crippen LogP) is 2.51. The first-order valence-corrected chi connectivity index (χ1v) is 6.91. The third-order valence-electron chi connectivity index (χ3n) is 3.08. The van der Waals surface area contributed by atoms with Crippen molar-refractivity contribution < 1.29 is 4.79 Å². The van der Waals surface area contributed by atoms with Gasteiger partial charge in [-0.25, -0.2) is 0 Å². The van der Waals surface area contributed by atoms with Gasteiger partial charge in [0.2, 0.25) is 5.91 Å². The van der Waals surface area contributed by atoms with Gasteiger partial charge in [-0.2, -0.15) is 0 Å². The number of nitrogens with zero attached hydrogens (tertiary/aromatic N) is 1. The Morgan fingerprint density at radius 3 is 2.14 bits per heavy atom. The highest BCUT2D eigenvalue weighted by molar-refractivity contribution is 5.92. The SMILES string of the molecule is CN(C)Cc1ccc(NC(=O)Cc2ccc(N)cc2)cc1. The number of anilines is 2. The lowest BCUT2D eigenvalue weighted by molar-refractivity contribution is -0.115. The molecule has 21 heavy (non-hydrogen) atoms. The molecular weight excluding hydrogens is 262 g/mol. The molecule has 1 amide bonds. The summed E-state index contributed by atoms with van der Waals surface area (Å²) in [5, 5.41) is 2.90. The lowest BCUT2D eigenvalue weighted by atomic mass is 10.1. The third kappa shape index (κ3) is 4.93. The lowest BCUT2D eigenvalue weighted by Gasteiger charge is -2.10. The van der Waals surface area contributed by atoms with Crippen LogP contribution in [0.15, 0.2) is 48.5 Å². The molecule has 0 fully saturated rings. The van der Waals surface area contributed by atoms with Gasteiger partial charge in [0, 0.05) is 17.9 Å². The van der Waals surface area contributed by atoms with Crippen LogP contribution in [0.1, 0.15) is 11.1 Å². The fourth-order valence-electron chi connectivity index (χ4n) is 2.08. The summed E-state index contributed by atoms with van der Waals surface area (Å²) in [7, 11) is 4.06. The standard InChI is InChI=1S/C17H21N3O/c1-20(2)12-14-5-9-16(10-6-14)19-17(21)11-13-3-7-15(18)8-4-13/h3-10H,11-12,18H2,1-2H3,(H,19,21). The molecule has 2 aromatic carbocycles. The number of nitrogen functional groups attached to an aromatic ring is 1. The largest absolute Gasteiger partial charge is 0.399 e. The Morgan fingerprint density at radius 2 is 1.57 bits per heavy atom. The molecule has 0 heterocycles. The van der Waals surface area contributed by atoms with E-state index in [9.17, 15) is 4.79 Å². The summed E-state index contributed by atoms with van der Waals surface area (Å²) in [4.78, 5) is 14.1. The van der Waals surface area contributed by atoms with Crippen molar-refractivity contribution in [3.05, 3.63) is 59.7 Å². The Balaban J connectivity index is 1.91. The quantitative estimate of drug-likeness (QED) is 0.829. The van der Waals surface area contributed by atoms with Crippen LogP contribution >= 0.6 is 0 Å². The van der Waals surface area contributed by atoms with Crippen LogP contribution in [0.3, 0.4) is 0 Å². The monoisotopic (exact) mass is 283 g/mol. The Morgan fingerprint density at radius 1 is 1.00 bits per heavy atom. The van der Waals surface area contributed by atoms with Crippen molar-refractivity contribution in [1.82, 2.24) is 4.90 Å². The molecule has 0 radical (unpaired) electrons. The molecule has 0 saturated carbocycles. The molecular formula is C17H21N3O. The zero-order chi connectivity index (χ0) is 15.2. The number of nitrogens with one attached hydrogen (secondary N) is 1. The molecule has 3 N–H and O–H groups in total. The molecule has 0 unspecified atom stereocenters. The molecule has 0 atom stereocenters. The first-order valence-electron chi connectivity index (χ1n) is 6.91. The van der Waals surface area contributed by atoms with E-state index in [1.165, 1.54) is 5.56 Å². The molecule has 4 nitrogen and oxygen atoms in total. The summed E-state index contributed by atoms with van der Waals surface area (Å²) in [6.45, 7) is 0.889. The zero-order valence-electron chi connectivity index (χ0n) is 12.5. The van der Waals surface area contributed by atoms with E-state index in [-0.39, 0.29) is 5.91 Å². The van der Waals surface area contributed by atoms with Crippen LogP contribution in [-0.2, 0) is 17.8 Å². The summed E-state index contributed by atoms with van der Waals surface area (Å²) in [5.41, 5.74) is 9.32. The number of nitrogens with two attached hydrogens (primary N) is 1. The normalized spacial score (nSPS) is 10.6. The van der Waals surface area contributed by atoms with E-state index < -0.39 is 0 Å². The summed E-state index contributed by atoms with van der Waals surface area (Å²) in [6.07, 6.45) is 0.347. The van der Waals surface area contributed by atoms with Crippen LogP contribution in [0.5, 0.6) is 0 Å². The van der Waals surface area contributed by atoms with E-state index >= 15 is 0 Å². The highest BCUT2D eigenvalue weighted by Gasteiger charge is 2.04. The number of benzene rings is 2. The van der Waals surface area contributed by atoms with Gasteiger partial charge in [-0.05, 0) is 49.5 Å². The average molecular weight is 283 g/mol. The second-order valence-corrected chi connectivity index (χ2v) is 5.40. The minimum Gasteiger partial charge on any atom is -0.399 e. The first-order chi connectivity index (χ1) is 10.0. The maximum absolute atomic E-state index is 12.0. The number of carbonyl (C=O) groups excluding carboxylic acids is 1. The number of amides is 1. The van der Waals surface area contributed by atoms with Crippen LogP contribution in [0.2, 0.25) is 0 Å². The van der Waals surface area contributed by atoms with Crippen LogP contribution < -0.4 is 11.1 Å². The Bertz CT molecular complexity index is 588. The molecule has 0 aliphatic heterocycles. The summed E-state index contributed by atoms with van der Waals surface area (Å²) in [5.74, 6) is -0.0277. The van der Waals surface area contributed by atoms with Gasteiger partial charge < -0.3 is 16.0 Å². The third-order valence-corrected chi connectivity index (χ3v) is 3.08. The van der Waals surface area contributed by atoms with Crippen molar-refractivity contribution in [1.29, 1.82) is 0 Å². The van der Waals surface area contributed by atoms with E-state index in [4.69, 9.17) is 5.73 Å². The van der Waals surface area contributed by atoms with Gasteiger partial charge in [0.05, 0.1) is 6.42 Å². The number of hydrogen-bond donors (Lipinski definition) is 2. The molecule has 4 heteroatoms. The predicted molar refractivity (Wildman–Crippen MR) is 87.0 cm³/mol. The van der Waals surface area contributed by atoms with Gasteiger partial charge in [-0.1, -0.05) is 24.3 Å². The molecule has 0 spiro atoms. The average Bonchev–Trinajstić information content (AvgIpc) is 2.43. The number of hydrogen-bond acceptors (Lipinski definition) is 3. The van der Waals surface area contributed by atoms with Crippen molar-refractivity contribution >= 4 is 17.3 Å². The van der Waals surface area contributed by atoms with Gasteiger partial charge in [-0.15, -0.1) is 0 Å². The van der Waals surface area contributed by atoms with Crippen LogP contribution in [-0.4, -0.2) is 24.9 Å². The fraction of sp³-hybridized carbons (Fsp3) is 0.235. The number of rotatable bonds is 5. The van der Waals surface area contributed by atoms with Gasteiger partial charge in [0.15, 0.2) is 0 Å². The van der Waals surface area contributed by atoms with Gasteiger partial charge >= 0.3 is 0 Å². The minimum atomic E-state index is -0.0277. The van der Waals surface area contributed by atoms with Crippen LogP contribution in [0.4, 0.5) is 11.4 Å². The van der Waals surface area contributed by atoms with Crippen LogP contribution in [0.25, 0.3) is 0 Å². The molecule has 0 aliphatic rings. The Kier molecular flexibility index (Phi) is 4.95. The molecule has 0 aliphatic carbocycles. The second-order valence-electron chi connectivity index (χ2n) is 5.40. The maximum atomic E-state index is 12.0. The zero-order valence-corrected chi connectivity index (χ0v) is 12.5. The summed E-state index contributed by atoms with van der Waals surface area (Å²) >= 11 is 0. The molecule has 0 aromatic heterocycles. The molecule has 2 aromatic rings. The highest BCUT2D eigenvalue weighted by Crippen LogP contribution is 2.12. The smallest absolute Gasteiger partial charge is 0.228 e. The van der Waals surface area contributed by atoms with Crippen LogP contribution in [0, 0.1) is 0 Å². The Labute approximate surface area is 125 Å². The van der Waals surface area contributed by atoms with Gasteiger partial charge in [0.1, 0.15) is 0 Å². The second kappa shape index (κ2) is 6.90. The first kappa shape index (κ1) is 15.1. The summed E-state index contributed by atoms with van der Waals surface area (Å²) < 4.78 is 0. The molecule has 110 valence electrons. The molecule has 0 saturated heterocycles. The van der Waals surface area contributed by atoms with Crippen molar-refractivity contribution in [2.24, 2.45) is 0 Å². The van der Waals surface area contributed by atoms with Gasteiger partial charge in [-0.3, -0.25) is 4.79 Å². The van der Waals surface area contributed by atoms with Crippen molar-refractivity contribution in [2.45, 2.75) is 13.0 Å². The summed E-state index contributed by atoms with van der Waals surface area (Å²) in [6, 6.07) is 15.3. The lowest BCUT2D eigenvalue weighted by Crippen LogP contribution is -2.14. The van der Waals surface area contributed by atoms with E-state index in [2.05, 4.69) is 10.2 Å². The number of carbonyl (C=O) groups is 1. The molecule has 0 bridgehead atoms.